The molecule has 9 nitrogen and oxygen atoms in total. The zero-order valence-corrected chi connectivity index (χ0v) is 14.3. The molecular weight excluding hydrogens is 373 g/mol. The third kappa shape index (κ3) is 7.56. The van der Waals surface area contributed by atoms with Crippen LogP contribution in [0, 0.1) is 0 Å². The lowest BCUT2D eigenvalue weighted by atomic mass is 9.97. The second-order valence-corrected chi connectivity index (χ2v) is 5.69. The van der Waals surface area contributed by atoms with Crippen molar-refractivity contribution in [2.75, 3.05) is 13.1 Å². The highest BCUT2D eigenvalue weighted by atomic mass is 19.4. The number of alkyl halides is 3. The predicted molar refractivity (Wildman–Crippen MR) is 85.1 cm³/mol. The fourth-order valence-electron chi connectivity index (χ4n) is 2.09. The monoisotopic (exact) mass is 392 g/mol. The van der Waals surface area contributed by atoms with Gasteiger partial charge in [-0.15, -0.1) is 0 Å². The summed E-state index contributed by atoms with van der Waals surface area (Å²) in [5.41, 5.74) is 0.274. The lowest BCUT2D eigenvalue weighted by Gasteiger charge is -2.21. The molecule has 1 aromatic heterocycles. The van der Waals surface area contributed by atoms with Gasteiger partial charge in [0.15, 0.2) is 0 Å². The summed E-state index contributed by atoms with van der Waals surface area (Å²) in [7, 11) is 0. The Bertz CT molecular complexity index is 660. The second kappa shape index (κ2) is 9.80. The van der Waals surface area contributed by atoms with E-state index < -0.39 is 30.1 Å². The normalized spacial score (nSPS) is 15.9. The van der Waals surface area contributed by atoms with Crippen LogP contribution in [0.15, 0.2) is 12.4 Å². The first-order valence-electron chi connectivity index (χ1n) is 7.88. The van der Waals surface area contributed by atoms with Crippen molar-refractivity contribution in [1.29, 1.82) is 0 Å². The third-order valence-electron chi connectivity index (χ3n) is 3.60. The van der Waals surface area contributed by atoms with Crippen LogP contribution in [-0.4, -0.2) is 63.3 Å². The van der Waals surface area contributed by atoms with Gasteiger partial charge in [0, 0.05) is 18.3 Å². The van der Waals surface area contributed by atoms with Crippen LogP contribution in [0.2, 0.25) is 0 Å². The van der Waals surface area contributed by atoms with Crippen molar-refractivity contribution in [3.63, 3.8) is 0 Å². The molecule has 0 saturated carbocycles. The number of hydrogen-bond acceptors (Lipinski definition) is 6. The van der Waals surface area contributed by atoms with Crippen molar-refractivity contribution < 1.29 is 37.8 Å². The summed E-state index contributed by atoms with van der Waals surface area (Å²) in [5, 5.41) is 21.5. The number of aromatic nitrogens is 2. The van der Waals surface area contributed by atoms with Gasteiger partial charge in [0.25, 0.3) is 5.91 Å². The summed E-state index contributed by atoms with van der Waals surface area (Å²) in [6.45, 7) is 3.31. The Kier molecular flexibility index (Phi) is 8.09. The summed E-state index contributed by atoms with van der Waals surface area (Å²) in [4.78, 5) is 39.8. The molecule has 1 amide bonds. The number of nitrogens with zero attached hydrogens (tertiary/aromatic N) is 2. The van der Waals surface area contributed by atoms with Gasteiger partial charge in [0.2, 0.25) is 0 Å². The Morgan fingerprint density at radius 3 is 2.07 bits per heavy atom. The van der Waals surface area contributed by atoms with Gasteiger partial charge in [-0.2, -0.15) is 13.2 Å². The molecule has 150 valence electrons. The molecule has 1 aliphatic rings. The second-order valence-electron chi connectivity index (χ2n) is 5.69. The minimum atomic E-state index is -5.08. The number of carboxylic acids is 2. The fraction of sp³-hybridized carbons (Fsp3) is 0.533. The molecule has 0 aliphatic carbocycles. The molecule has 12 heteroatoms. The zero-order valence-electron chi connectivity index (χ0n) is 14.3. The molecule has 2 heterocycles. The molecule has 0 unspecified atom stereocenters. The highest BCUT2D eigenvalue weighted by Crippen LogP contribution is 2.21. The first-order chi connectivity index (χ1) is 12.5. The summed E-state index contributed by atoms with van der Waals surface area (Å²) in [6, 6.07) is -0.938. The first-order valence-corrected chi connectivity index (χ1v) is 7.88. The van der Waals surface area contributed by atoms with E-state index in [2.05, 4.69) is 20.6 Å². The number of piperidine rings is 1. The van der Waals surface area contributed by atoms with Gasteiger partial charge in [-0.1, -0.05) is 0 Å². The van der Waals surface area contributed by atoms with E-state index in [1.807, 2.05) is 0 Å². The Morgan fingerprint density at radius 2 is 1.67 bits per heavy atom. The number of nitrogens with one attached hydrogen (secondary N) is 2. The summed E-state index contributed by atoms with van der Waals surface area (Å²) in [6.07, 6.45) is -0.203. The molecule has 0 spiro atoms. The van der Waals surface area contributed by atoms with Gasteiger partial charge in [-0.3, -0.25) is 9.59 Å². The largest absolute Gasteiger partial charge is 0.490 e. The van der Waals surface area contributed by atoms with E-state index in [0.29, 0.717) is 5.92 Å². The number of amides is 1. The van der Waals surface area contributed by atoms with E-state index in [4.69, 9.17) is 15.0 Å². The minimum Gasteiger partial charge on any atom is -0.480 e. The topological polar surface area (TPSA) is 142 Å². The van der Waals surface area contributed by atoms with Gasteiger partial charge in [-0.05, 0) is 32.9 Å². The molecule has 1 atom stereocenters. The van der Waals surface area contributed by atoms with Crippen molar-refractivity contribution in [1.82, 2.24) is 20.6 Å². The van der Waals surface area contributed by atoms with Gasteiger partial charge < -0.3 is 20.8 Å². The summed E-state index contributed by atoms with van der Waals surface area (Å²) in [5.74, 6) is -3.24. The number of carbonyl (C=O) groups excluding carboxylic acids is 1. The van der Waals surface area contributed by atoms with Gasteiger partial charge in [-0.25, -0.2) is 14.8 Å². The van der Waals surface area contributed by atoms with E-state index in [9.17, 15) is 22.8 Å². The van der Waals surface area contributed by atoms with Crippen LogP contribution in [0.5, 0.6) is 0 Å². The van der Waals surface area contributed by atoms with Crippen LogP contribution >= 0.6 is 0 Å². The lowest BCUT2D eigenvalue weighted by molar-refractivity contribution is -0.192. The highest BCUT2D eigenvalue weighted by molar-refractivity contribution is 5.95. The van der Waals surface area contributed by atoms with Crippen molar-refractivity contribution >= 4 is 17.8 Å². The zero-order chi connectivity index (χ0) is 20.6. The number of carbonyl (C=O) groups is 3. The minimum absolute atomic E-state index is 0.274. The van der Waals surface area contributed by atoms with Crippen LogP contribution < -0.4 is 10.6 Å². The van der Waals surface area contributed by atoms with E-state index in [1.54, 1.807) is 0 Å². The molecule has 2 rings (SSSR count). The van der Waals surface area contributed by atoms with Crippen LogP contribution in [0.1, 0.15) is 41.9 Å². The van der Waals surface area contributed by atoms with Crippen molar-refractivity contribution in [3.8, 4) is 0 Å². The van der Waals surface area contributed by atoms with Crippen molar-refractivity contribution in [2.24, 2.45) is 0 Å². The quantitative estimate of drug-likeness (QED) is 0.589. The number of aliphatic carboxylic acids is 2. The van der Waals surface area contributed by atoms with E-state index >= 15 is 0 Å². The maximum absolute atomic E-state index is 11.8. The maximum Gasteiger partial charge on any atom is 0.490 e. The number of carboxylic acid groups (broad SMARTS) is 2. The molecule has 4 N–H and O–H groups in total. The van der Waals surface area contributed by atoms with Crippen LogP contribution in [0.4, 0.5) is 13.2 Å². The SMILES string of the molecule is C[C@H](NC(=O)c1cnc(C2CCNCC2)nc1)C(=O)O.O=C(O)C(F)(F)F. The Hall–Kier alpha value is -2.76. The average molecular weight is 392 g/mol. The van der Waals surface area contributed by atoms with E-state index in [0.717, 1.165) is 31.8 Å². The highest BCUT2D eigenvalue weighted by Gasteiger charge is 2.38. The standard InChI is InChI=1S/C13H18N4O3.C2HF3O2/c1-8(13(19)20)17-12(18)10-6-15-11(16-7-10)9-2-4-14-5-3-9;3-2(4,5)1(6)7/h6-9,14H,2-5H2,1H3,(H,17,18)(H,19,20);(H,6,7)/t8-;/m0./s1. The number of halogens is 3. The van der Waals surface area contributed by atoms with Crippen LogP contribution in [0.3, 0.4) is 0 Å². The van der Waals surface area contributed by atoms with Crippen molar-refractivity contribution in [3.05, 3.63) is 23.8 Å². The molecule has 1 aromatic rings. The van der Waals surface area contributed by atoms with Gasteiger partial charge >= 0.3 is 18.1 Å². The van der Waals surface area contributed by atoms with Crippen LogP contribution in [0.25, 0.3) is 0 Å². The Labute approximate surface area is 152 Å². The maximum atomic E-state index is 11.8. The number of rotatable bonds is 4. The summed E-state index contributed by atoms with van der Waals surface area (Å²) < 4.78 is 31.7. The Balaban J connectivity index is 0.000000445. The predicted octanol–water partition coefficient (Wildman–Crippen LogP) is 0.780. The van der Waals surface area contributed by atoms with Gasteiger partial charge in [0.1, 0.15) is 11.9 Å². The molecule has 1 aliphatic heterocycles. The molecule has 0 radical (unpaired) electrons. The Morgan fingerprint density at radius 1 is 1.19 bits per heavy atom. The molecule has 0 aromatic carbocycles. The van der Waals surface area contributed by atoms with Gasteiger partial charge in [0.05, 0.1) is 5.56 Å². The smallest absolute Gasteiger partial charge is 0.480 e. The first kappa shape index (κ1) is 22.3. The van der Waals surface area contributed by atoms with E-state index in [1.165, 1.54) is 19.3 Å². The average Bonchev–Trinajstić information content (AvgIpc) is 2.62. The molecule has 27 heavy (non-hydrogen) atoms. The van der Waals surface area contributed by atoms with E-state index in [-0.39, 0.29) is 5.56 Å². The van der Waals surface area contributed by atoms with Crippen LogP contribution in [-0.2, 0) is 9.59 Å². The van der Waals surface area contributed by atoms with Crippen molar-refractivity contribution in [2.45, 2.75) is 37.9 Å². The lowest BCUT2D eigenvalue weighted by Crippen LogP contribution is -2.38. The summed E-state index contributed by atoms with van der Waals surface area (Å²) >= 11 is 0. The molecule has 0 bridgehead atoms. The fourth-order valence-corrected chi connectivity index (χ4v) is 2.09. The third-order valence-corrected chi connectivity index (χ3v) is 3.60. The molecule has 1 fully saturated rings. The molecular formula is C15H19F3N4O5. The number of hydrogen-bond donors (Lipinski definition) is 4. The molecule has 1 saturated heterocycles.